The second-order valence-corrected chi connectivity index (χ2v) is 6.05. The highest BCUT2D eigenvalue weighted by Crippen LogP contribution is 2.39. The molecule has 0 bridgehead atoms. The molecule has 0 aliphatic carbocycles. The standard InChI is InChI=1S/C15H19BrN4O/c1-4-18-14-10-7-11(16)13(8-12(10)19-15(14)21)20(3)9(2)5-6-17/h7-9,14,18H,4-5H2,1-3H3,(H,19,21). The molecule has 0 radical (unpaired) electrons. The van der Waals surface area contributed by atoms with Gasteiger partial charge in [-0.25, -0.2) is 0 Å². The number of likely N-dealkylation sites (N-methyl/N-ethyl adjacent to an activating group) is 1. The summed E-state index contributed by atoms with van der Waals surface area (Å²) in [4.78, 5) is 14.0. The van der Waals surface area contributed by atoms with E-state index < -0.39 is 0 Å². The molecule has 2 unspecified atom stereocenters. The lowest BCUT2D eigenvalue weighted by molar-refractivity contribution is -0.117. The number of nitriles is 1. The van der Waals surface area contributed by atoms with Crippen LogP contribution in [0.3, 0.4) is 0 Å². The van der Waals surface area contributed by atoms with Crippen molar-refractivity contribution in [2.24, 2.45) is 0 Å². The minimum atomic E-state index is -0.294. The fraction of sp³-hybridized carbons (Fsp3) is 0.467. The van der Waals surface area contributed by atoms with Crippen molar-refractivity contribution in [3.63, 3.8) is 0 Å². The molecule has 21 heavy (non-hydrogen) atoms. The van der Waals surface area contributed by atoms with Gasteiger partial charge in [0.1, 0.15) is 6.04 Å². The molecule has 2 atom stereocenters. The summed E-state index contributed by atoms with van der Waals surface area (Å²) in [6.45, 7) is 4.71. The molecule has 2 N–H and O–H groups in total. The lowest BCUT2D eigenvalue weighted by Crippen LogP contribution is -2.28. The molecule has 1 aromatic rings. The second-order valence-electron chi connectivity index (χ2n) is 5.19. The third kappa shape index (κ3) is 3.04. The fourth-order valence-electron chi connectivity index (χ4n) is 2.45. The van der Waals surface area contributed by atoms with Crippen LogP contribution >= 0.6 is 15.9 Å². The zero-order chi connectivity index (χ0) is 15.6. The van der Waals surface area contributed by atoms with Gasteiger partial charge in [-0.15, -0.1) is 0 Å². The van der Waals surface area contributed by atoms with Crippen molar-refractivity contribution < 1.29 is 4.79 Å². The molecule has 1 aromatic carbocycles. The molecule has 0 spiro atoms. The predicted molar refractivity (Wildman–Crippen MR) is 87.3 cm³/mol. The average molecular weight is 351 g/mol. The van der Waals surface area contributed by atoms with E-state index in [2.05, 4.69) is 32.6 Å². The van der Waals surface area contributed by atoms with E-state index in [-0.39, 0.29) is 18.0 Å². The van der Waals surface area contributed by atoms with Gasteiger partial charge in [0.15, 0.2) is 0 Å². The summed E-state index contributed by atoms with van der Waals surface area (Å²) in [5, 5.41) is 14.9. The van der Waals surface area contributed by atoms with E-state index in [1.807, 2.05) is 37.9 Å². The zero-order valence-corrected chi connectivity index (χ0v) is 14.0. The van der Waals surface area contributed by atoms with Crippen molar-refractivity contribution in [3.8, 4) is 6.07 Å². The fourth-order valence-corrected chi connectivity index (χ4v) is 3.09. The Morgan fingerprint density at radius 2 is 2.29 bits per heavy atom. The number of anilines is 2. The van der Waals surface area contributed by atoms with Gasteiger partial charge >= 0.3 is 0 Å². The van der Waals surface area contributed by atoms with E-state index >= 15 is 0 Å². The quantitative estimate of drug-likeness (QED) is 0.856. The molecule has 1 heterocycles. The number of hydrogen-bond acceptors (Lipinski definition) is 4. The summed E-state index contributed by atoms with van der Waals surface area (Å²) in [6, 6.07) is 5.93. The van der Waals surface area contributed by atoms with E-state index in [0.717, 1.165) is 28.0 Å². The van der Waals surface area contributed by atoms with E-state index in [9.17, 15) is 4.79 Å². The maximum absolute atomic E-state index is 12.0. The number of nitrogens with one attached hydrogen (secondary N) is 2. The van der Waals surface area contributed by atoms with Gasteiger partial charge in [0.25, 0.3) is 0 Å². The molecule has 0 saturated heterocycles. The van der Waals surface area contributed by atoms with Gasteiger partial charge in [-0.1, -0.05) is 6.92 Å². The number of nitrogens with zero attached hydrogens (tertiary/aromatic N) is 2. The van der Waals surface area contributed by atoms with Crippen LogP contribution < -0.4 is 15.5 Å². The Labute approximate surface area is 133 Å². The Bertz CT molecular complexity index is 596. The van der Waals surface area contributed by atoms with Gasteiger partial charge in [-0.3, -0.25) is 4.79 Å². The van der Waals surface area contributed by atoms with Crippen molar-refractivity contribution in [1.29, 1.82) is 5.26 Å². The normalized spacial score (nSPS) is 17.9. The summed E-state index contributed by atoms with van der Waals surface area (Å²) in [6.07, 6.45) is 0.451. The molecule has 0 fully saturated rings. The lowest BCUT2D eigenvalue weighted by atomic mass is 10.1. The van der Waals surface area contributed by atoms with Gasteiger partial charge < -0.3 is 15.5 Å². The van der Waals surface area contributed by atoms with Gasteiger partial charge in [-0.2, -0.15) is 5.26 Å². The van der Waals surface area contributed by atoms with Crippen LogP contribution in [0.2, 0.25) is 0 Å². The molecule has 0 aromatic heterocycles. The van der Waals surface area contributed by atoms with Crippen molar-refractivity contribution >= 4 is 33.2 Å². The molecule has 112 valence electrons. The summed E-state index contributed by atoms with van der Waals surface area (Å²) >= 11 is 3.58. The maximum Gasteiger partial charge on any atom is 0.246 e. The summed E-state index contributed by atoms with van der Waals surface area (Å²) in [7, 11) is 1.95. The number of carbonyl (C=O) groups is 1. The first kappa shape index (κ1) is 15.8. The summed E-state index contributed by atoms with van der Waals surface area (Å²) in [5.41, 5.74) is 2.76. The molecular weight excluding hydrogens is 332 g/mol. The number of halogens is 1. The maximum atomic E-state index is 12.0. The van der Waals surface area contributed by atoms with E-state index in [1.54, 1.807) is 0 Å². The van der Waals surface area contributed by atoms with Crippen LogP contribution in [0.25, 0.3) is 0 Å². The van der Waals surface area contributed by atoms with Gasteiger partial charge in [0, 0.05) is 28.8 Å². The summed E-state index contributed by atoms with van der Waals surface area (Å²) in [5.74, 6) is -0.0244. The van der Waals surface area contributed by atoms with E-state index in [4.69, 9.17) is 5.26 Å². The molecule has 1 amide bonds. The number of benzene rings is 1. The van der Waals surface area contributed by atoms with Crippen LogP contribution in [-0.4, -0.2) is 25.5 Å². The second kappa shape index (κ2) is 6.46. The van der Waals surface area contributed by atoms with Crippen molar-refractivity contribution in [1.82, 2.24) is 5.32 Å². The molecular formula is C15H19BrN4O. The zero-order valence-electron chi connectivity index (χ0n) is 12.4. The van der Waals surface area contributed by atoms with Crippen LogP contribution in [0.1, 0.15) is 31.9 Å². The SMILES string of the molecule is CCNC1C(=O)Nc2cc(N(C)C(C)CC#N)c(Br)cc21. The molecule has 0 saturated carbocycles. The number of fused-ring (bicyclic) bond motifs is 1. The largest absolute Gasteiger partial charge is 0.370 e. The third-order valence-corrected chi connectivity index (χ3v) is 4.42. The first-order valence-corrected chi connectivity index (χ1v) is 7.76. The Hall–Kier alpha value is -1.58. The average Bonchev–Trinajstić information content (AvgIpc) is 2.74. The molecule has 5 nitrogen and oxygen atoms in total. The highest BCUT2D eigenvalue weighted by atomic mass is 79.9. The number of amides is 1. The topological polar surface area (TPSA) is 68.2 Å². The van der Waals surface area contributed by atoms with E-state index in [0.29, 0.717) is 6.42 Å². The highest BCUT2D eigenvalue weighted by molar-refractivity contribution is 9.10. The Balaban J connectivity index is 2.35. The van der Waals surface area contributed by atoms with Gasteiger partial charge in [0.2, 0.25) is 5.91 Å². The molecule has 1 aliphatic heterocycles. The third-order valence-electron chi connectivity index (χ3n) is 3.79. The Morgan fingerprint density at radius 1 is 1.57 bits per heavy atom. The number of rotatable bonds is 5. The molecule has 2 rings (SSSR count). The first-order valence-electron chi connectivity index (χ1n) is 6.97. The lowest BCUT2D eigenvalue weighted by Gasteiger charge is -2.27. The van der Waals surface area contributed by atoms with Crippen molar-refractivity contribution in [2.75, 3.05) is 23.8 Å². The van der Waals surface area contributed by atoms with Crippen LogP contribution in [0.4, 0.5) is 11.4 Å². The van der Waals surface area contributed by atoms with E-state index in [1.165, 1.54) is 0 Å². The predicted octanol–water partition coefficient (Wildman–Crippen LogP) is 2.79. The van der Waals surface area contributed by atoms with Crippen molar-refractivity contribution in [3.05, 3.63) is 22.2 Å². The molecule has 6 heteroatoms. The number of hydrogen-bond donors (Lipinski definition) is 2. The number of carbonyl (C=O) groups excluding carboxylic acids is 1. The smallest absolute Gasteiger partial charge is 0.246 e. The van der Waals surface area contributed by atoms with Crippen LogP contribution in [0, 0.1) is 11.3 Å². The van der Waals surface area contributed by atoms with Gasteiger partial charge in [-0.05, 0) is 41.5 Å². The minimum absolute atomic E-state index is 0.0244. The van der Waals surface area contributed by atoms with Crippen LogP contribution in [0.15, 0.2) is 16.6 Å². The van der Waals surface area contributed by atoms with Crippen LogP contribution in [-0.2, 0) is 4.79 Å². The highest BCUT2D eigenvalue weighted by Gasteiger charge is 2.31. The molecule has 1 aliphatic rings. The van der Waals surface area contributed by atoms with Gasteiger partial charge in [0.05, 0.1) is 18.2 Å². The minimum Gasteiger partial charge on any atom is -0.370 e. The Kier molecular flexibility index (Phi) is 4.86. The van der Waals surface area contributed by atoms with Crippen LogP contribution in [0.5, 0.6) is 0 Å². The summed E-state index contributed by atoms with van der Waals surface area (Å²) < 4.78 is 0.924. The first-order chi connectivity index (χ1) is 9.99. The Morgan fingerprint density at radius 3 is 2.90 bits per heavy atom. The van der Waals surface area contributed by atoms with Crippen molar-refractivity contribution in [2.45, 2.75) is 32.4 Å². The monoisotopic (exact) mass is 350 g/mol.